The Morgan fingerprint density at radius 1 is 1.17 bits per heavy atom. The Labute approximate surface area is 186 Å². The van der Waals surface area contributed by atoms with Crippen LogP contribution in [0.1, 0.15) is 30.9 Å². The van der Waals surface area contributed by atoms with Crippen molar-refractivity contribution in [1.82, 2.24) is 10.2 Å². The number of benzene rings is 2. The Kier molecular flexibility index (Phi) is 7.01. The molecule has 3 fully saturated rings. The zero-order chi connectivity index (χ0) is 20.2. The molecule has 3 heterocycles. The Morgan fingerprint density at radius 3 is 2.66 bits per heavy atom. The topological polar surface area (TPSA) is 33.7 Å². The molecular formula is C23H28BrClN2O2. The lowest BCUT2D eigenvalue weighted by Crippen LogP contribution is -2.55. The number of hydrogen-bond donors (Lipinski definition) is 1. The third-order valence-corrected chi connectivity index (χ3v) is 6.88. The van der Waals surface area contributed by atoms with E-state index >= 15 is 0 Å². The monoisotopic (exact) mass is 478 g/mol. The first kappa shape index (κ1) is 21.0. The van der Waals surface area contributed by atoms with Gasteiger partial charge in [0.25, 0.3) is 0 Å². The smallest absolute Gasteiger partial charge is 0.175 e. The van der Waals surface area contributed by atoms with E-state index in [2.05, 4.69) is 38.3 Å². The molecule has 0 amide bonds. The standard InChI is InChI=1S/C23H28BrClN2O2/c1-2-28-22-12-16(13-26-21-14-27-9-7-17(21)8-10-27)11-19(24)23(22)29-15-18-5-3-4-6-20(18)25/h3-6,11-12,17,21,26H,2,7-10,13-15H2,1H3. The molecule has 5 rings (SSSR count). The quantitative estimate of drug-likeness (QED) is 0.560. The molecule has 156 valence electrons. The zero-order valence-electron chi connectivity index (χ0n) is 16.8. The highest BCUT2D eigenvalue weighted by Gasteiger charge is 2.33. The fourth-order valence-electron chi connectivity index (χ4n) is 4.34. The van der Waals surface area contributed by atoms with Gasteiger partial charge in [0.05, 0.1) is 11.1 Å². The van der Waals surface area contributed by atoms with Crippen molar-refractivity contribution in [2.45, 2.75) is 39.0 Å². The van der Waals surface area contributed by atoms with Crippen LogP contribution in [0.5, 0.6) is 11.5 Å². The van der Waals surface area contributed by atoms with Gasteiger partial charge in [-0.25, -0.2) is 0 Å². The molecule has 2 bridgehead atoms. The van der Waals surface area contributed by atoms with Crippen molar-refractivity contribution in [3.63, 3.8) is 0 Å². The highest BCUT2D eigenvalue weighted by atomic mass is 79.9. The van der Waals surface area contributed by atoms with Crippen molar-refractivity contribution < 1.29 is 9.47 Å². The van der Waals surface area contributed by atoms with Gasteiger partial charge in [0, 0.05) is 29.7 Å². The summed E-state index contributed by atoms with van der Waals surface area (Å²) in [5, 5.41) is 4.48. The van der Waals surface area contributed by atoms with E-state index in [-0.39, 0.29) is 0 Å². The molecule has 1 N–H and O–H groups in total. The first-order chi connectivity index (χ1) is 14.1. The molecular weight excluding hydrogens is 452 g/mol. The van der Waals surface area contributed by atoms with Crippen LogP contribution in [0.2, 0.25) is 5.02 Å². The molecule has 1 atom stereocenters. The van der Waals surface area contributed by atoms with Crippen molar-refractivity contribution in [3.8, 4) is 11.5 Å². The van der Waals surface area contributed by atoms with E-state index in [4.69, 9.17) is 21.1 Å². The molecule has 2 aromatic carbocycles. The van der Waals surface area contributed by atoms with Gasteiger partial charge in [0.2, 0.25) is 0 Å². The van der Waals surface area contributed by atoms with Crippen LogP contribution in [-0.4, -0.2) is 37.2 Å². The zero-order valence-corrected chi connectivity index (χ0v) is 19.1. The molecule has 6 heteroatoms. The lowest BCUT2D eigenvalue weighted by Gasteiger charge is -2.45. The molecule has 29 heavy (non-hydrogen) atoms. The number of nitrogens with zero attached hydrogens (tertiary/aromatic N) is 1. The van der Waals surface area contributed by atoms with Crippen molar-refractivity contribution in [2.75, 3.05) is 26.2 Å². The number of nitrogens with one attached hydrogen (secondary N) is 1. The SMILES string of the molecule is CCOc1cc(CNC2CN3CCC2CC3)cc(Br)c1OCc1ccccc1Cl. The molecule has 1 unspecified atom stereocenters. The number of fused-ring (bicyclic) bond motifs is 3. The van der Waals surface area contributed by atoms with E-state index in [0.29, 0.717) is 24.3 Å². The number of hydrogen-bond acceptors (Lipinski definition) is 4. The molecule has 0 radical (unpaired) electrons. The second kappa shape index (κ2) is 9.69. The number of ether oxygens (including phenoxy) is 2. The van der Waals surface area contributed by atoms with Crippen LogP contribution in [-0.2, 0) is 13.2 Å². The van der Waals surface area contributed by atoms with Crippen LogP contribution in [0.25, 0.3) is 0 Å². The van der Waals surface area contributed by atoms with Gasteiger partial charge in [-0.2, -0.15) is 0 Å². The van der Waals surface area contributed by atoms with Crippen molar-refractivity contribution >= 4 is 27.5 Å². The van der Waals surface area contributed by atoms with Gasteiger partial charge in [-0.05, 0) is 78.5 Å². The van der Waals surface area contributed by atoms with E-state index in [1.165, 1.54) is 38.0 Å². The van der Waals surface area contributed by atoms with Crippen LogP contribution in [0, 0.1) is 5.92 Å². The van der Waals surface area contributed by atoms with Gasteiger partial charge in [-0.1, -0.05) is 29.8 Å². The summed E-state index contributed by atoms with van der Waals surface area (Å²) in [4.78, 5) is 2.57. The van der Waals surface area contributed by atoms with E-state index in [9.17, 15) is 0 Å². The van der Waals surface area contributed by atoms with Crippen LogP contribution in [0.4, 0.5) is 0 Å². The Morgan fingerprint density at radius 2 is 1.97 bits per heavy atom. The molecule has 0 spiro atoms. The van der Waals surface area contributed by atoms with Crippen LogP contribution >= 0.6 is 27.5 Å². The Bertz CT molecular complexity index is 840. The minimum Gasteiger partial charge on any atom is -0.490 e. The molecule has 3 aliphatic rings. The highest BCUT2D eigenvalue weighted by Crippen LogP contribution is 2.38. The molecule has 4 nitrogen and oxygen atoms in total. The average molecular weight is 480 g/mol. The Hall–Kier alpha value is -1.27. The van der Waals surface area contributed by atoms with Gasteiger partial charge in [0.1, 0.15) is 6.61 Å². The predicted molar refractivity (Wildman–Crippen MR) is 121 cm³/mol. The lowest BCUT2D eigenvalue weighted by atomic mass is 9.84. The number of piperidine rings is 3. The summed E-state index contributed by atoms with van der Waals surface area (Å²) in [6.45, 7) is 7.51. The van der Waals surface area contributed by atoms with Gasteiger partial charge in [-0.15, -0.1) is 0 Å². The lowest BCUT2D eigenvalue weighted by molar-refractivity contribution is 0.0720. The molecule has 0 saturated carbocycles. The van der Waals surface area contributed by atoms with Crippen molar-refractivity contribution in [1.29, 1.82) is 0 Å². The minimum atomic E-state index is 0.398. The fourth-order valence-corrected chi connectivity index (χ4v) is 5.13. The predicted octanol–water partition coefficient (Wildman–Crippen LogP) is 5.26. The Balaban J connectivity index is 1.45. The summed E-state index contributed by atoms with van der Waals surface area (Å²) in [6, 6.07) is 12.5. The molecule has 3 aliphatic heterocycles. The molecule has 0 aromatic heterocycles. The average Bonchev–Trinajstić information content (AvgIpc) is 2.74. The summed E-state index contributed by atoms with van der Waals surface area (Å²) >= 11 is 9.95. The fraction of sp³-hybridized carbons (Fsp3) is 0.478. The summed E-state index contributed by atoms with van der Waals surface area (Å²) in [6.07, 6.45) is 2.64. The largest absolute Gasteiger partial charge is 0.490 e. The normalized spacial score (nSPS) is 23.2. The summed E-state index contributed by atoms with van der Waals surface area (Å²) in [7, 11) is 0. The van der Waals surface area contributed by atoms with Crippen LogP contribution in [0.3, 0.4) is 0 Å². The molecule has 0 aliphatic carbocycles. The van der Waals surface area contributed by atoms with Gasteiger partial charge < -0.3 is 19.7 Å². The van der Waals surface area contributed by atoms with Gasteiger partial charge >= 0.3 is 0 Å². The third-order valence-electron chi connectivity index (χ3n) is 5.92. The number of rotatable bonds is 8. The van der Waals surface area contributed by atoms with E-state index in [1.54, 1.807) is 0 Å². The van der Waals surface area contributed by atoms with Crippen molar-refractivity contribution in [3.05, 3.63) is 57.0 Å². The van der Waals surface area contributed by atoms with Crippen LogP contribution < -0.4 is 14.8 Å². The maximum Gasteiger partial charge on any atom is 0.175 e. The van der Waals surface area contributed by atoms with E-state index in [1.807, 2.05) is 31.2 Å². The molecule has 2 aromatic rings. The molecule has 3 saturated heterocycles. The van der Waals surface area contributed by atoms with E-state index < -0.39 is 0 Å². The third kappa shape index (κ3) is 5.08. The second-order valence-electron chi connectivity index (χ2n) is 7.84. The minimum absolute atomic E-state index is 0.398. The van der Waals surface area contributed by atoms with Crippen LogP contribution in [0.15, 0.2) is 40.9 Å². The van der Waals surface area contributed by atoms with Crippen molar-refractivity contribution in [2.24, 2.45) is 5.92 Å². The van der Waals surface area contributed by atoms with Gasteiger partial charge in [0.15, 0.2) is 11.5 Å². The maximum absolute atomic E-state index is 6.26. The highest BCUT2D eigenvalue weighted by molar-refractivity contribution is 9.10. The maximum atomic E-state index is 6.26. The van der Waals surface area contributed by atoms with Gasteiger partial charge in [-0.3, -0.25) is 0 Å². The summed E-state index contributed by atoms with van der Waals surface area (Å²) < 4.78 is 12.9. The number of halogens is 2. The first-order valence-corrected chi connectivity index (χ1v) is 11.6. The first-order valence-electron chi connectivity index (χ1n) is 10.4. The van der Waals surface area contributed by atoms with E-state index in [0.717, 1.165) is 34.0 Å². The summed E-state index contributed by atoms with van der Waals surface area (Å²) in [5.74, 6) is 2.30. The second-order valence-corrected chi connectivity index (χ2v) is 9.10. The summed E-state index contributed by atoms with van der Waals surface area (Å²) in [5.41, 5.74) is 2.15.